The van der Waals surface area contributed by atoms with Crippen LogP contribution in [0.25, 0.3) is 127 Å². The molecule has 0 saturated carbocycles. The van der Waals surface area contributed by atoms with Crippen molar-refractivity contribution in [1.82, 2.24) is 19.5 Å². The van der Waals surface area contributed by atoms with Crippen LogP contribution in [0, 0.1) is 0 Å². The van der Waals surface area contributed by atoms with Gasteiger partial charge in [-0.15, -0.1) is 0 Å². The molecule has 13 aromatic rings. The van der Waals surface area contributed by atoms with E-state index in [0.29, 0.717) is 17.5 Å². The average Bonchev–Trinajstić information content (AvgIpc) is 3.97. The Bertz CT molecular complexity index is 3860. The lowest BCUT2D eigenvalue weighted by Gasteiger charge is -2.13. The first-order valence-corrected chi connectivity index (χ1v) is 19.8. The summed E-state index contributed by atoms with van der Waals surface area (Å²) in [7, 11) is 0. The van der Waals surface area contributed by atoms with Crippen LogP contribution in [0.3, 0.4) is 0 Å². The third-order valence-corrected chi connectivity index (χ3v) is 11.8. The first-order chi connectivity index (χ1) is 29.2. The van der Waals surface area contributed by atoms with Gasteiger partial charge in [0.05, 0.1) is 22.3 Å². The van der Waals surface area contributed by atoms with Gasteiger partial charge in [-0.25, -0.2) is 15.0 Å². The van der Waals surface area contributed by atoms with E-state index in [2.05, 4.69) is 126 Å². The molecule has 0 aliphatic rings. The lowest BCUT2D eigenvalue weighted by molar-refractivity contribution is 0.669. The number of para-hydroxylation sites is 3. The topological polar surface area (TPSA) is 69.9 Å². The molecule has 13 rings (SSSR count). The summed E-state index contributed by atoms with van der Waals surface area (Å²) in [5.74, 6) is 1.67. The fourth-order valence-corrected chi connectivity index (χ4v) is 9.08. The predicted octanol–water partition coefficient (Wildman–Crippen LogP) is 14.1. The molecule has 0 amide bonds. The molecule has 6 heteroatoms. The second-order valence-corrected chi connectivity index (χ2v) is 15.2. The highest BCUT2D eigenvalue weighted by molar-refractivity contribution is 6.20. The number of benzene rings is 9. The molecular weight excluding hydrogens is 725 g/mol. The maximum atomic E-state index is 6.86. The lowest BCUT2D eigenvalue weighted by atomic mass is 10.0. The SMILES string of the molecule is c1ccc(-c2nc(-c3ccc4c(c3)oc3c5ccccc5c(-n5c6ccccc6c6cc7ccccc7cc65)cc43)nc(-c3cccc4c3oc3ccccc34)n2)cc1. The van der Waals surface area contributed by atoms with Crippen LogP contribution in [0.4, 0.5) is 0 Å². The Morgan fingerprint density at radius 3 is 1.83 bits per heavy atom. The summed E-state index contributed by atoms with van der Waals surface area (Å²) in [4.78, 5) is 15.2. The van der Waals surface area contributed by atoms with E-state index in [0.717, 1.165) is 82.5 Å². The Morgan fingerprint density at radius 1 is 0.339 bits per heavy atom. The van der Waals surface area contributed by atoms with Gasteiger partial charge < -0.3 is 13.4 Å². The normalized spacial score (nSPS) is 12.1. The quantitative estimate of drug-likeness (QED) is 0.179. The average molecular weight is 755 g/mol. The highest BCUT2D eigenvalue weighted by Gasteiger charge is 2.21. The third kappa shape index (κ3) is 4.77. The van der Waals surface area contributed by atoms with Crippen LogP contribution >= 0.6 is 0 Å². The molecule has 0 atom stereocenters. The molecule has 0 aliphatic heterocycles. The molecule has 0 unspecified atom stereocenters. The van der Waals surface area contributed by atoms with E-state index < -0.39 is 0 Å². The maximum Gasteiger partial charge on any atom is 0.167 e. The van der Waals surface area contributed by atoms with Gasteiger partial charge in [-0.05, 0) is 59.3 Å². The van der Waals surface area contributed by atoms with Gasteiger partial charge in [0.15, 0.2) is 17.5 Å². The number of hydrogen-bond acceptors (Lipinski definition) is 5. The van der Waals surface area contributed by atoms with Crippen molar-refractivity contribution in [3.63, 3.8) is 0 Å². The van der Waals surface area contributed by atoms with Crippen LogP contribution in [-0.4, -0.2) is 19.5 Å². The molecule has 0 bridgehead atoms. The van der Waals surface area contributed by atoms with E-state index in [1.807, 2.05) is 60.7 Å². The van der Waals surface area contributed by atoms with Crippen LogP contribution < -0.4 is 0 Å². The summed E-state index contributed by atoms with van der Waals surface area (Å²) in [6, 6.07) is 63.4. The summed E-state index contributed by atoms with van der Waals surface area (Å²) in [6.07, 6.45) is 0. The molecule has 0 spiro atoms. The van der Waals surface area contributed by atoms with Crippen molar-refractivity contribution in [1.29, 1.82) is 0 Å². The standard InChI is InChI=1S/C53H30N4O2/c1-2-13-31(14-3-1)51-54-52(56-53(55-51)41-22-12-21-40-37-19-9-11-24-47(37)58-49(40)41)34-25-26-38-43-30-46(35-17-6-7-20-39(35)50(43)59-48(38)29-34)57-44-23-10-8-18-36(44)42-27-32-15-4-5-16-33(32)28-45(42)57/h1-30H. The Hall–Kier alpha value is -8.09. The van der Waals surface area contributed by atoms with E-state index in [4.69, 9.17) is 23.8 Å². The molecule has 9 aromatic carbocycles. The molecule has 0 aliphatic carbocycles. The van der Waals surface area contributed by atoms with E-state index in [1.54, 1.807) is 0 Å². The monoisotopic (exact) mass is 754 g/mol. The van der Waals surface area contributed by atoms with Gasteiger partial charge in [0.1, 0.15) is 22.3 Å². The summed E-state index contributed by atoms with van der Waals surface area (Å²) in [5.41, 5.74) is 9.15. The zero-order chi connectivity index (χ0) is 38.6. The number of nitrogens with zero attached hydrogens (tertiary/aromatic N) is 4. The van der Waals surface area contributed by atoms with E-state index in [9.17, 15) is 0 Å². The number of aromatic nitrogens is 4. The molecule has 4 aromatic heterocycles. The van der Waals surface area contributed by atoms with E-state index >= 15 is 0 Å². The Labute approximate surface area is 336 Å². The fraction of sp³-hybridized carbons (Fsp3) is 0. The molecule has 4 heterocycles. The number of hydrogen-bond donors (Lipinski definition) is 0. The summed E-state index contributed by atoms with van der Waals surface area (Å²) < 4.78 is 15.7. The number of fused-ring (bicyclic) bond motifs is 12. The zero-order valence-corrected chi connectivity index (χ0v) is 31.4. The van der Waals surface area contributed by atoms with Gasteiger partial charge in [0.25, 0.3) is 0 Å². The maximum absolute atomic E-state index is 6.86. The van der Waals surface area contributed by atoms with Crippen LogP contribution in [0.2, 0.25) is 0 Å². The molecular formula is C53H30N4O2. The Balaban J connectivity index is 1.03. The molecule has 59 heavy (non-hydrogen) atoms. The molecule has 6 nitrogen and oxygen atoms in total. The van der Waals surface area contributed by atoms with Crippen molar-refractivity contribution in [2.75, 3.05) is 0 Å². The summed E-state index contributed by atoms with van der Waals surface area (Å²) in [6.45, 7) is 0. The minimum atomic E-state index is 0.540. The zero-order valence-electron chi connectivity index (χ0n) is 31.4. The van der Waals surface area contributed by atoms with Crippen molar-refractivity contribution in [3.8, 4) is 39.9 Å². The van der Waals surface area contributed by atoms with Gasteiger partial charge in [-0.3, -0.25) is 0 Å². The smallest absolute Gasteiger partial charge is 0.167 e. The largest absolute Gasteiger partial charge is 0.455 e. The first kappa shape index (κ1) is 32.0. The second kappa shape index (κ2) is 12.2. The van der Waals surface area contributed by atoms with Crippen molar-refractivity contribution in [3.05, 3.63) is 182 Å². The summed E-state index contributed by atoms with van der Waals surface area (Å²) in [5, 5.41) is 11.2. The van der Waals surface area contributed by atoms with Crippen LogP contribution in [0.15, 0.2) is 191 Å². The van der Waals surface area contributed by atoms with Gasteiger partial charge in [-0.2, -0.15) is 0 Å². The lowest BCUT2D eigenvalue weighted by Crippen LogP contribution is -2.00. The minimum Gasteiger partial charge on any atom is -0.455 e. The molecule has 0 radical (unpaired) electrons. The van der Waals surface area contributed by atoms with Crippen molar-refractivity contribution in [2.24, 2.45) is 0 Å². The van der Waals surface area contributed by atoms with Crippen molar-refractivity contribution >= 4 is 87.2 Å². The molecule has 0 fully saturated rings. The highest BCUT2D eigenvalue weighted by atomic mass is 16.3. The van der Waals surface area contributed by atoms with Gasteiger partial charge in [-0.1, -0.05) is 133 Å². The Kier molecular flexibility index (Phi) is 6.63. The number of rotatable bonds is 4. The first-order valence-electron chi connectivity index (χ1n) is 19.8. The van der Waals surface area contributed by atoms with Gasteiger partial charge in [0.2, 0.25) is 0 Å². The fourth-order valence-electron chi connectivity index (χ4n) is 9.08. The van der Waals surface area contributed by atoms with Gasteiger partial charge in [0, 0.05) is 54.2 Å². The van der Waals surface area contributed by atoms with Crippen LogP contribution in [-0.2, 0) is 0 Å². The predicted molar refractivity (Wildman–Crippen MR) is 240 cm³/mol. The minimum absolute atomic E-state index is 0.540. The van der Waals surface area contributed by atoms with Crippen molar-refractivity contribution in [2.45, 2.75) is 0 Å². The van der Waals surface area contributed by atoms with Gasteiger partial charge >= 0.3 is 0 Å². The van der Waals surface area contributed by atoms with Crippen LogP contribution in [0.1, 0.15) is 0 Å². The molecule has 274 valence electrons. The molecule has 0 N–H and O–H groups in total. The van der Waals surface area contributed by atoms with Crippen LogP contribution in [0.5, 0.6) is 0 Å². The van der Waals surface area contributed by atoms with E-state index in [-0.39, 0.29) is 0 Å². The number of furan rings is 2. The summed E-state index contributed by atoms with van der Waals surface area (Å²) >= 11 is 0. The highest BCUT2D eigenvalue weighted by Crippen LogP contribution is 2.43. The van der Waals surface area contributed by atoms with Crippen molar-refractivity contribution < 1.29 is 8.83 Å². The second-order valence-electron chi connectivity index (χ2n) is 15.2. The molecule has 0 saturated heterocycles. The Morgan fingerprint density at radius 2 is 0.966 bits per heavy atom. The third-order valence-electron chi connectivity index (χ3n) is 11.8. The van der Waals surface area contributed by atoms with E-state index in [1.165, 1.54) is 27.1 Å².